The van der Waals surface area contributed by atoms with Crippen LogP contribution in [0.3, 0.4) is 0 Å². The van der Waals surface area contributed by atoms with Gasteiger partial charge in [0.25, 0.3) is 5.91 Å². The largest absolute Gasteiger partial charge is 0.452 e. The van der Waals surface area contributed by atoms with Gasteiger partial charge >= 0.3 is 5.97 Å². The Hall–Kier alpha value is -2.02. The maximum absolute atomic E-state index is 12.4. The van der Waals surface area contributed by atoms with E-state index in [0.717, 1.165) is 24.2 Å². The highest BCUT2D eigenvalue weighted by molar-refractivity contribution is 8.00. The number of benzene rings is 1. The van der Waals surface area contributed by atoms with Gasteiger partial charge in [0, 0.05) is 17.0 Å². The van der Waals surface area contributed by atoms with Crippen molar-refractivity contribution in [2.24, 2.45) is 0 Å². The molecule has 2 atom stereocenters. The second-order valence-corrected chi connectivity index (χ2v) is 7.57. The molecule has 7 heteroatoms. The van der Waals surface area contributed by atoms with Gasteiger partial charge in [0.2, 0.25) is 5.91 Å². The van der Waals surface area contributed by atoms with Crippen LogP contribution in [0.4, 0.5) is 5.69 Å². The fourth-order valence-electron chi connectivity index (χ4n) is 3.41. The lowest BCUT2D eigenvalue weighted by Gasteiger charge is -2.38. The Morgan fingerprint density at radius 2 is 2.00 bits per heavy atom. The number of amides is 2. The van der Waals surface area contributed by atoms with Crippen molar-refractivity contribution in [1.29, 1.82) is 0 Å². The number of carbonyl (C=O) groups excluding carboxylic acids is 3. The molecule has 0 aliphatic carbocycles. The van der Waals surface area contributed by atoms with Crippen molar-refractivity contribution in [2.45, 2.75) is 50.1 Å². The van der Waals surface area contributed by atoms with Gasteiger partial charge in [-0.3, -0.25) is 9.59 Å². The molecule has 3 rings (SSSR count). The topological polar surface area (TPSA) is 75.7 Å². The monoisotopic (exact) mass is 362 g/mol. The van der Waals surface area contributed by atoms with Gasteiger partial charge in [-0.25, -0.2) is 4.79 Å². The molecule has 25 heavy (non-hydrogen) atoms. The number of hydrogen-bond acceptors (Lipinski definition) is 5. The first kappa shape index (κ1) is 17.8. The molecule has 2 aliphatic heterocycles. The van der Waals surface area contributed by atoms with E-state index in [4.69, 9.17) is 4.74 Å². The first-order chi connectivity index (χ1) is 12.0. The SMILES string of the molecule is C[C@H]1CCC[C@H](C)N1C(=O)COC(=O)c1ccc2c(c1)NC(=O)CS2. The Bertz CT molecular complexity index is 696. The zero-order valence-corrected chi connectivity index (χ0v) is 15.2. The van der Waals surface area contributed by atoms with E-state index in [1.807, 2.05) is 18.7 Å². The normalized spacial score (nSPS) is 22.8. The Labute approximate surface area is 151 Å². The van der Waals surface area contributed by atoms with Gasteiger partial charge < -0.3 is 15.0 Å². The van der Waals surface area contributed by atoms with Crippen molar-refractivity contribution in [2.75, 3.05) is 17.7 Å². The van der Waals surface area contributed by atoms with Gasteiger partial charge in [-0.05, 0) is 51.3 Å². The smallest absolute Gasteiger partial charge is 0.338 e. The van der Waals surface area contributed by atoms with Crippen LogP contribution < -0.4 is 5.32 Å². The van der Waals surface area contributed by atoms with E-state index in [1.54, 1.807) is 18.2 Å². The number of anilines is 1. The first-order valence-corrected chi connectivity index (χ1v) is 9.49. The summed E-state index contributed by atoms with van der Waals surface area (Å²) < 4.78 is 5.21. The molecule has 1 N–H and O–H groups in total. The standard InChI is InChI=1S/C18H22N2O4S/c1-11-4-3-5-12(2)20(11)17(22)9-24-18(23)13-6-7-15-14(8-13)19-16(21)10-25-15/h6-8,11-12H,3-5,9-10H2,1-2H3,(H,19,21)/t11-,12-/m0/s1. The van der Waals surface area contributed by atoms with Crippen molar-refractivity contribution < 1.29 is 19.1 Å². The lowest BCUT2D eigenvalue weighted by atomic mass is 9.97. The molecule has 0 saturated carbocycles. The van der Waals surface area contributed by atoms with E-state index < -0.39 is 5.97 Å². The number of hydrogen-bond donors (Lipinski definition) is 1. The number of piperidine rings is 1. The van der Waals surface area contributed by atoms with Crippen molar-refractivity contribution in [3.8, 4) is 0 Å². The van der Waals surface area contributed by atoms with Gasteiger partial charge in [-0.1, -0.05) is 0 Å². The summed E-state index contributed by atoms with van der Waals surface area (Å²) in [6.45, 7) is 3.80. The molecule has 1 fully saturated rings. The van der Waals surface area contributed by atoms with Crippen LogP contribution in [-0.4, -0.2) is 47.1 Å². The molecule has 0 spiro atoms. The first-order valence-electron chi connectivity index (χ1n) is 8.50. The molecule has 2 aliphatic rings. The van der Waals surface area contributed by atoms with Crippen LogP contribution in [0.2, 0.25) is 0 Å². The number of fused-ring (bicyclic) bond motifs is 1. The van der Waals surface area contributed by atoms with Gasteiger partial charge in [-0.2, -0.15) is 0 Å². The zero-order chi connectivity index (χ0) is 18.0. The van der Waals surface area contributed by atoms with E-state index in [-0.39, 0.29) is 30.5 Å². The highest BCUT2D eigenvalue weighted by Crippen LogP contribution is 2.32. The number of esters is 1. The lowest BCUT2D eigenvalue weighted by Crippen LogP contribution is -2.49. The molecular weight excluding hydrogens is 340 g/mol. The Morgan fingerprint density at radius 1 is 1.28 bits per heavy atom. The maximum atomic E-state index is 12.4. The van der Waals surface area contributed by atoms with E-state index in [1.165, 1.54) is 11.8 Å². The van der Waals surface area contributed by atoms with Crippen LogP contribution in [0, 0.1) is 0 Å². The van der Waals surface area contributed by atoms with Crippen LogP contribution in [-0.2, 0) is 14.3 Å². The maximum Gasteiger partial charge on any atom is 0.338 e. The molecule has 0 unspecified atom stereocenters. The highest BCUT2D eigenvalue weighted by atomic mass is 32.2. The summed E-state index contributed by atoms with van der Waals surface area (Å²) >= 11 is 1.43. The third kappa shape index (κ3) is 3.98. The molecule has 2 amide bonds. The van der Waals surface area contributed by atoms with E-state index in [9.17, 15) is 14.4 Å². The average Bonchev–Trinajstić information content (AvgIpc) is 2.58. The predicted octanol–water partition coefficient (Wildman–Crippen LogP) is 2.68. The minimum atomic E-state index is -0.557. The molecule has 0 bridgehead atoms. The second kappa shape index (κ2) is 7.47. The summed E-state index contributed by atoms with van der Waals surface area (Å²) in [5.41, 5.74) is 0.939. The van der Waals surface area contributed by atoms with E-state index in [0.29, 0.717) is 17.0 Å². The molecule has 1 aromatic carbocycles. The second-order valence-electron chi connectivity index (χ2n) is 6.55. The molecule has 1 aromatic rings. The minimum Gasteiger partial charge on any atom is -0.452 e. The number of ether oxygens (including phenoxy) is 1. The van der Waals surface area contributed by atoms with Crippen LogP contribution in [0.25, 0.3) is 0 Å². The molecule has 0 radical (unpaired) electrons. The highest BCUT2D eigenvalue weighted by Gasteiger charge is 2.29. The van der Waals surface area contributed by atoms with Crippen molar-refractivity contribution in [3.63, 3.8) is 0 Å². The summed E-state index contributed by atoms with van der Waals surface area (Å²) in [6, 6.07) is 5.38. The molecule has 1 saturated heterocycles. The zero-order valence-electron chi connectivity index (χ0n) is 14.4. The van der Waals surface area contributed by atoms with Crippen molar-refractivity contribution in [1.82, 2.24) is 4.90 Å². The van der Waals surface area contributed by atoms with E-state index in [2.05, 4.69) is 5.32 Å². The van der Waals surface area contributed by atoms with Gasteiger partial charge in [0.1, 0.15) is 0 Å². The van der Waals surface area contributed by atoms with E-state index >= 15 is 0 Å². The number of rotatable bonds is 3. The summed E-state index contributed by atoms with van der Waals surface area (Å²) in [7, 11) is 0. The third-order valence-electron chi connectivity index (χ3n) is 4.66. The number of nitrogens with one attached hydrogen (secondary N) is 1. The minimum absolute atomic E-state index is 0.0914. The third-order valence-corrected chi connectivity index (χ3v) is 5.73. The van der Waals surface area contributed by atoms with Gasteiger partial charge in [-0.15, -0.1) is 11.8 Å². The number of nitrogens with zero attached hydrogens (tertiary/aromatic N) is 1. The van der Waals surface area contributed by atoms with Crippen LogP contribution in [0.15, 0.2) is 23.1 Å². The molecule has 2 heterocycles. The van der Waals surface area contributed by atoms with Crippen LogP contribution >= 0.6 is 11.8 Å². The molecule has 0 aromatic heterocycles. The van der Waals surface area contributed by atoms with Gasteiger partial charge in [0.05, 0.1) is 17.0 Å². The lowest BCUT2D eigenvalue weighted by molar-refractivity contribution is -0.140. The Morgan fingerprint density at radius 3 is 2.72 bits per heavy atom. The van der Waals surface area contributed by atoms with Crippen molar-refractivity contribution in [3.05, 3.63) is 23.8 Å². The fraction of sp³-hybridized carbons (Fsp3) is 0.500. The number of likely N-dealkylation sites (tertiary alicyclic amines) is 1. The molecule has 134 valence electrons. The summed E-state index contributed by atoms with van der Waals surface area (Å²) in [5, 5.41) is 2.74. The number of carbonyl (C=O) groups is 3. The molecular formula is C18H22N2O4S. The Kier molecular flexibility index (Phi) is 5.32. The predicted molar refractivity (Wildman–Crippen MR) is 95.7 cm³/mol. The Balaban J connectivity index is 1.62. The fourth-order valence-corrected chi connectivity index (χ4v) is 4.20. The summed E-state index contributed by atoms with van der Waals surface area (Å²) in [4.78, 5) is 38.9. The summed E-state index contributed by atoms with van der Waals surface area (Å²) in [6.07, 6.45) is 3.07. The average molecular weight is 362 g/mol. The quantitative estimate of drug-likeness (QED) is 0.837. The van der Waals surface area contributed by atoms with Crippen LogP contribution in [0.1, 0.15) is 43.5 Å². The number of thioether (sulfide) groups is 1. The summed E-state index contributed by atoms with van der Waals surface area (Å²) in [5.74, 6) is -0.434. The molecule has 6 nitrogen and oxygen atoms in total. The van der Waals surface area contributed by atoms with Gasteiger partial charge in [0.15, 0.2) is 6.61 Å². The van der Waals surface area contributed by atoms with Crippen LogP contribution in [0.5, 0.6) is 0 Å². The van der Waals surface area contributed by atoms with Crippen molar-refractivity contribution >= 4 is 35.2 Å².